The first-order valence-corrected chi connectivity index (χ1v) is 11.8. The maximum Gasteiger partial charge on any atom is 0.436 e. The summed E-state index contributed by atoms with van der Waals surface area (Å²) in [7, 11) is 1.27. The maximum atomic E-state index is 13.9. The molecule has 1 N–H and O–H groups in total. The molecule has 0 spiro atoms. The standard InChI is InChI=1S/C24H22F3IN4O3/c1-14(16-5-7-17(8-6-16)23(34)35-2)29-21(33)19-20(24(25,26)27)30-32-12-11-31(22(19)32)13-15-3-9-18(28)10-4-15/h3-10,14H,11-13H2,1-2H3,(H,29,33). The molecule has 11 heteroatoms. The molecule has 1 unspecified atom stereocenters. The van der Waals surface area contributed by atoms with Crippen LogP contribution in [0.25, 0.3) is 0 Å². The highest BCUT2D eigenvalue weighted by molar-refractivity contribution is 14.1. The average molecular weight is 598 g/mol. The average Bonchev–Trinajstić information content (AvgIpc) is 3.40. The van der Waals surface area contributed by atoms with Gasteiger partial charge in [-0.2, -0.15) is 18.3 Å². The zero-order valence-electron chi connectivity index (χ0n) is 18.9. The normalized spacial score (nSPS) is 13.9. The highest BCUT2D eigenvalue weighted by Gasteiger charge is 2.44. The van der Waals surface area contributed by atoms with E-state index < -0.39 is 35.4 Å². The van der Waals surface area contributed by atoms with Gasteiger partial charge in [0.1, 0.15) is 11.4 Å². The smallest absolute Gasteiger partial charge is 0.436 e. The molecule has 7 nitrogen and oxygen atoms in total. The Morgan fingerprint density at radius 3 is 2.37 bits per heavy atom. The number of alkyl halides is 3. The number of halogens is 4. The van der Waals surface area contributed by atoms with E-state index in [9.17, 15) is 22.8 Å². The Bertz CT molecular complexity index is 1240. The molecule has 1 amide bonds. The van der Waals surface area contributed by atoms with Crippen LogP contribution in [0.4, 0.5) is 19.0 Å². The van der Waals surface area contributed by atoms with Gasteiger partial charge in [-0.3, -0.25) is 4.79 Å². The van der Waals surface area contributed by atoms with E-state index in [1.165, 1.54) is 23.9 Å². The summed E-state index contributed by atoms with van der Waals surface area (Å²) >= 11 is 2.18. The molecule has 1 atom stereocenters. The van der Waals surface area contributed by atoms with Crippen LogP contribution in [0.1, 0.15) is 50.5 Å². The molecule has 0 aliphatic carbocycles. The summed E-state index contributed by atoms with van der Waals surface area (Å²) in [6.45, 7) is 2.70. The minimum absolute atomic E-state index is 0.154. The van der Waals surface area contributed by atoms with Gasteiger partial charge in [0.05, 0.1) is 25.3 Å². The van der Waals surface area contributed by atoms with E-state index in [2.05, 4.69) is 37.7 Å². The number of benzene rings is 2. The van der Waals surface area contributed by atoms with E-state index in [0.717, 1.165) is 9.13 Å². The summed E-state index contributed by atoms with van der Waals surface area (Å²) in [4.78, 5) is 26.6. The number of hydrogen-bond acceptors (Lipinski definition) is 5. The topological polar surface area (TPSA) is 76.5 Å². The minimum Gasteiger partial charge on any atom is -0.465 e. The summed E-state index contributed by atoms with van der Waals surface area (Å²) in [6.07, 6.45) is -4.79. The number of carbonyl (C=O) groups excluding carboxylic acids is 2. The van der Waals surface area contributed by atoms with Crippen molar-refractivity contribution in [1.29, 1.82) is 0 Å². The van der Waals surface area contributed by atoms with Crippen LogP contribution in [0.3, 0.4) is 0 Å². The largest absolute Gasteiger partial charge is 0.465 e. The molecule has 0 bridgehead atoms. The second-order valence-corrected chi connectivity index (χ2v) is 9.37. The van der Waals surface area contributed by atoms with Gasteiger partial charge < -0.3 is 15.0 Å². The highest BCUT2D eigenvalue weighted by atomic mass is 127. The number of hydrogen-bond donors (Lipinski definition) is 1. The second kappa shape index (κ2) is 9.88. The van der Waals surface area contributed by atoms with E-state index in [4.69, 9.17) is 0 Å². The van der Waals surface area contributed by atoms with E-state index in [1.54, 1.807) is 24.0 Å². The lowest BCUT2D eigenvalue weighted by molar-refractivity contribution is -0.141. The first kappa shape index (κ1) is 25.0. The van der Waals surface area contributed by atoms with Crippen molar-refractivity contribution in [3.05, 3.63) is 80.0 Å². The molecule has 1 aliphatic heterocycles. The van der Waals surface area contributed by atoms with Crippen molar-refractivity contribution >= 4 is 40.3 Å². The van der Waals surface area contributed by atoms with E-state index in [1.807, 2.05) is 24.3 Å². The zero-order chi connectivity index (χ0) is 25.3. The van der Waals surface area contributed by atoms with Crippen LogP contribution in [0, 0.1) is 3.57 Å². The Hall–Kier alpha value is -3.09. The lowest BCUT2D eigenvalue weighted by Crippen LogP contribution is -2.31. The van der Waals surface area contributed by atoms with E-state index in [-0.39, 0.29) is 12.4 Å². The third kappa shape index (κ3) is 5.29. The minimum atomic E-state index is -4.79. The van der Waals surface area contributed by atoms with Crippen LogP contribution in [0.2, 0.25) is 0 Å². The molecule has 184 valence electrons. The Labute approximate surface area is 213 Å². The van der Waals surface area contributed by atoms with Crippen LogP contribution in [0.15, 0.2) is 48.5 Å². The first-order chi connectivity index (χ1) is 16.6. The molecule has 0 saturated carbocycles. The number of anilines is 1. The molecule has 1 aromatic heterocycles. The van der Waals surface area contributed by atoms with Crippen LogP contribution >= 0.6 is 22.6 Å². The van der Waals surface area contributed by atoms with Crippen molar-refractivity contribution in [1.82, 2.24) is 15.1 Å². The molecule has 0 fully saturated rings. The van der Waals surface area contributed by atoms with Gasteiger partial charge in [0, 0.05) is 16.7 Å². The van der Waals surface area contributed by atoms with Crippen LogP contribution in [-0.4, -0.2) is 35.3 Å². The fraction of sp³-hybridized carbons (Fsp3) is 0.292. The molecule has 1 aliphatic rings. The lowest BCUT2D eigenvalue weighted by atomic mass is 10.1. The number of nitrogens with zero attached hydrogens (tertiary/aromatic N) is 3. The van der Waals surface area contributed by atoms with Crippen molar-refractivity contribution < 1.29 is 27.5 Å². The van der Waals surface area contributed by atoms with Crippen LogP contribution in [-0.2, 0) is 24.0 Å². The third-order valence-corrected chi connectivity index (χ3v) is 6.49. The number of rotatable bonds is 6. The van der Waals surface area contributed by atoms with Gasteiger partial charge in [0.25, 0.3) is 5.91 Å². The molecule has 2 heterocycles. The van der Waals surface area contributed by atoms with Gasteiger partial charge in [-0.25, -0.2) is 9.48 Å². The third-order valence-electron chi connectivity index (χ3n) is 5.77. The number of fused-ring (bicyclic) bond motifs is 1. The molecular formula is C24H22F3IN4O3. The van der Waals surface area contributed by atoms with Gasteiger partial charge >= 0.3 is 12.1 Å². The number of methoxy groups -OCH3 is 1. The number of esters is 1. The van der Waals surface area contributed by atoms with Crippen LogP contribution in [0.5, 0.6) is 0 Å². The van der Waals surface area contributed by atoms with Crippen LogP contribution < -0.4 is 10.2 Å². The van der Waals surface area contributed by atoms with Crippen molar-refractivity contribution in [3.8, 4) is 0 Å². The monoisotopic (exact) mass is 598 g/mol. The lowest BCUT2D eigenvalue weighted by Gasteiger charge is -2.21. The fourth-order valence-corrected chi connectivity index (χ4v) is 4.36. The maximum absolute atomic E-state index is 13.9. The fourth-order valence-electron chi connectivity index (χ4n) is 4.00. The SMILES string of the molecule is COC(=O)c1ccc(C(C)NC(=O)c2c(C(F)(F)F)nn3c2N(Cc2ccc(I)cc2)CC3)cc1. The first-order valence-electron chi connectivity index (χ1n) is 10.7. The van der Waals surface area contributed by atoms with Crippen molar-refractivity contribution in [2.45, 2.75) is 32.2 Å². The predicted octanol–water partition coefficient (Wildman–Crippen LogP) is 4.80. The van der Waals surface area contributed by atoms with E-state index >= 15 is 0 Å². The summed E-state index contributed by atoms with van der Waals surface area (Å²) in [5.41, 5.74) is 0.178. The van der Waals surface area contributed by atoms with Gasteiger partial charge in [0.15, 0.2) is 5.69 Å². The van der Waals surface area contributed by atoms with Crippen molar-refractivity contribution in [3.63, 3.8) is 0 Å². The highest BCUT2D eigenvalue weighted by Crippen LogP contribution is 2.38. The quantitative estimate of drug-likeness (QED) is 0.326. The molecule has 35 heavy (non-hydrogen) atoms. The van der Waals surface area contributed by atoms with Gasteiger partial charge in [0.2, 0.25) is 0 Å². The number of amides is 1. The summed E-state index contributed by atoms with van der Waals surface area (Å²) < 4.78 is 48.5. The molecule has 0 saturated heterocycles. The Kier molecular flexibility index (Phi) is 7.06. The van der Waals surface area contributed by atoms with Gasteiger partial charge in [-0.1, -0.05) is 24.3 Å². The number of nitrogens with one attached hydrogen (secondary N) is 1. The summed E-state index contributed by atoms with van der Waals surface area (Å²) in [5.74, 6) is -1.22. The summed E-state index contributed by atoms with van der Waals surface area (Å²) in [5, 5.41) is 6.41. The number of ether oxygens (including phenoxy) is 1. The Morgan fingerprint density at radius 2 is 1.77 bits per heavy atom. The molecule has 3 aromatic rings. The van der Waals surface area contributed by atoms with Crippen molar-refractivity contribution in [2.75, 3.05) is 18.6 Å². The predicted molar refractivity (Wildman–Crippen MR) is 131 cm³/mol. The Balaban J connectivity index is 1.62. The van der Waals surface area contributed by atoms with E-state index in [0.29, 0.717) is 24.2 Å². The Morgan fingerprint density at radius 1 is 1.11 bits per heavy atom. The van der Waals surface area contributed by atoms with Gasteiger partial charge in [-0.05, 0) is 64.9 Å². The zero-order valence-corrected chi connectivity index (χ0v) is 21.1. The second-order valence-electron chi connectivity index (χ2n) is 8.12. The summed E-state index contributed by atoms with van der Waals surface area (Å²) in [6, 6.07) is 13.3. The molecule has 4 rings (SSSR count). The number of carbonyl (C=O) groups is 2. The van der Waals surface area contributed by atoms with Gasteiger partial charge in [-0.15, -0.1) is 0 Å². The van der Waals surface area contributed by atoms with Crippen molar-refractivity contribution in [2.24, 2.45) is 0 Å². The molecule has 2 aromatic carbocycles. The molecule has 0 radical (unpaired) electrons. The molecular weight excluding hydrogens is 576 g/mol. The number of aromatic nitrogens is 2.